The maximum atomic E-state index is 12.4. The quantitative estimate of drug-likeness (QED) is 0.936. The summed E-state index contributed by atoms with van der Waals surface area (Å²) in [5, 5.41) is 2.89. The predicted octanol–water partition coefficient (Wildman–Crippen LogP) is 2.79. The van der Waals surface area contributed by atoms with Gasteiger partial charge in [-0.2, -0.15) is 0 Å². The zero-order valence-corrected chi connectivity index (χ0v) is 14.2. The lowest BCUT2D eigenvalue weighted by Gasteiger charge is -2.27. The highest BCUT2D eigenvalue weighted by Crippen LogP contribution is 2.19. The number of aromatic nitrogens is 2. The van der Waals surface area contributed by atoms with Gasteiger partial charge in [0.05, 0.1) is 0 Å². The van der Waals surface area contributed by atoms with Crippen LogP contribution in [-0.2, 0) is 0 Å². The van der Waals surface area contributed by atoms with Crippen LogP contribution in [0.5, 0.6) is 0 Å². The van der Waals surface area contributed by atoms with Crippen LogP contribution in [0.25, 0.3) is 0 Å². The number of piperidine rings is 1. The highest BCUT2D eigenvalue weighted by molar-refractivity contribution is 6.03. The van der Waals surface area contributed by atoms with Crippen molar-refractivity contribution < 1.29 is 4.79 Å². The lowest BCUT2D eigenvalue weighted by molar-refractivity contribution is 0.102. The molecular formula is C18H23N5O. The highest BCUT2D eigenvalue weighted by atomic mass is 16.1. The molecule has 1 aliphatic rings. The van der Waals surface area contributed by atoms with E-state index in [-0.39, 0.29) is 5.91 Å². The van der Waals surface area contributed by atoms with Crippen LogP contribution < -0.4 is 15.1 Å². The molecule has 0 atom stereocenters. The van der Waals surface area contributed by atoms with Gasteiger partial charge >= 0.3 is 0 Å². The molecule has 0 saturated carbocycles. The Bertz CT molecular complexity index is 693. The first-order valence-corrected chi connectivity index (χ1v) is 8.29. The Hall–Kier alpha value is -2.63. The zero-order valence-electron chi connectivity index (χ0n) is 14.2. The standard InChI is InChI=1S/C18H23N5O/c1-22(2)15-8-6-14(7-9-15)21-18(24)16-12-17(20-13-19-16)23-10-4-3-5-11-23/h6-9,12-13H,3-5,10-11H2,1-2H3,(H,21,24). The van der Waals surface area contributed by atoms with E-state index in [0.717, 1.165) is 30.3 Å². The van der Waals surface area contributed by atoms with Crippen molar-refractivity contribution >= 4 is 23.1 Å². The maximum absolute atomic E-state index is 12.4. The van der Waals surface area contributed by atoms with Crippen molar-refractivity contribution in [1.29, 1.82) is 0 Å². The van der Waals surface area contributed by atoms with Crippen molar-refractivity contribution in [1.82, 2.24) is 9.97 Å². The number of rotatable bonds is 4. The van der Waals surface area contributed by atoms with Crippen LogP contribution in [0.3, 0.4) is 0 Å². The summed E-state index contributed by atoms with van der Waals surface area (Å²) in [4.78, 5) is 25.1. The lowest BCUT2D eigenvalue weighted by atomic mass is 10.1. The van der Waals surface area contributed by atoms with Crippen LogP contribution >= 0.6 is 0 Å². The number of amides is 1. The average Bonchev–Trinajstić information content (AvgIpc) is 2.63. The molecule has 1 N–H and O–H groups in total. The molecule has 0 unspecified atom stereocenters. The maximum Gasteiger partial charge on any atom is 0.274 e. The van der Waals surface area contributed by atoms with Crippen LogP contribution in [0.1, 0.15) is 29.8 Å². The number of anilines is 3. The molecule has 0 radical (unpaired) electrons. The van der Waals surface area contributed by atoms with Crippen molar-refractivity contribution in [3.8, 4) is 0 Å². The number of hydrogen-bond acceptors (Lipinski definition) is 5. The Labute approximate surface area is 142 Å². The summed E-state index contributed by atoms with van der Waals surface area (Å²) in [6, 6.07) is 9.48. The fourth-order valence-corrected chi connectivity index (χ4v) is 2.81. The Morgan fingerprint density at radius 2 is 1.79 bits per heavy atom. The smallest absolute Gasteiger partial charge is 0.274 e. The molecule has 2 heterocycles. The minimum atomic E-state index is -0.215. The van der Waals surface area contributed by atoms with E-state index < -0.39 is 0 Å². The van der Waals surface area contributed by atoms with Gasteiger partial charge in [-0.3, -0.25) is 4.79 Å². The minimum absolute atomic E-state index is 0.215. The van der Waals surface area contributed by atoms with Gasteiger partial charge in [-0.05, 0) is 43.5 Å². The molecule has 6 nitrogen and oxygen atoms in total. The monoisotopic (exact) mass is 325 g/mol. The summed E-state index contributed by atoms with van der Waals surface area (Å²) in [5.74, 6) is 0.617. The minimum Gasteiger partial charge on any atom is -0.378 e. The Morgan fingerprint density at radius 1 is 1.08 bits per heavy atom. The van der Waals surface area contributed by atoms with Gasteiger partial charge in [0.15, 0.2) is 0 Å². The number of nitrogens with zero attached hydrogens (tertiary/aromatic N) is 4. The van der Waals surface area contributed by atoms with Crippen LogP contribution in [-0.4, -0.2) is 43.1 Å². The SMILES string of the molecule is CN(C)c1ccc(NC(=O)c2cc(N3CCCCC3)ncn2)cc1. The molecule has 0 bridgehead atoms. The van der Waals surface area contributed by atoms with Crippen molar-refractivity contribution in [3.05, 3.63) is 42.4 Å². The van der Waals surface area contributed by atoms with Gasteiger partial charge in [-0.1, -0.05) is 0 Å². The highest BCUT2D eigenvalue weighted by Gasteiger charge is 2.15. The second-order valence-electron chi connectivity index (χ2n) is 6.20. The number of nitrogens with one attached hydrogen (secondary N) is 1. The van der Waals surface area contributed by atoms with E-state index in [4.69, 9.17) is 0 Å². The predicted molar refractivity (Wildman–Crippen MR) is 96.8 cm³/mol. The topological polar surface area (TPSA) is 61.4 Å². The van der Waals surface area contributed by atoms with Gasteiger partial charge in [-0.25, -0.2) is 9.97 Å². The Balaban J connectivity index is 1.70. The Kier molecular flexibility index (Phi) is 4.93. The van der Waals surface area contributed by atoms with E-state index in [1.165, 1.54) is 25.6 Å². The summed E-state index contributed by atoms with van der Waals surface area (Å²) in [6.07, 6.45) is 5.07. The van der Waals surface area contributed by atoms with E-state index in [2.05, 4.69) is 20.2 Å². The number of hydrogen-bond donors (Lipinski definition) is 1. The summed E-state index contributed by atoms with van der Waals surface area (Å²) in [5.41, 5.74) is 2.23. The first kappa shape index (κ1) is 16.2. The molecule has 1 saturated heterocycles. The Morgan fingerprint density at radius 3 is 2.46 bits per heavy atom. The molecule has 1 amide bonds. The molecule has 1 aliphatic heterocycles. The third-order valence-corrected chi connectivity index (χ3v) is 4.21. The van der Waals surface area contributed by atoms with Gasteiger partial charge in [0, 0.05) is 44.6 Å². The first-order chi connectivity index (χ1) is 11.6. The van der Waals surface area contributed by atoms with E-state index >= 15 is 0 Å². The summed E-state index contributed by atoms with van der Waals surface area (Å²) >= 11 is 0. The van der Waals surface area contributed by atoms with Gasteiger partial charge in [0.2, 0.25) is 0 Å². The van der Waals surface area contributed by atoms with Gasteiger partial charge in [0.25, 0.3) is 5.91 Å². The molecule has 6 heteroatoms. The van der Waals surface area contributed by atoms with Gasteiger partial charge in [0.1, 0.15) is 17.8 Å². The summed E-state index contributed by atoms with van der Waals surface area (Å²) < 4.78 is 0. The molecule has 126 valence electrons. The normalized spacial score (nSPS) is 14.3. The first-order valence-electron chi connectivity index (χ1n) is 8.29. The van der Waals surface area contributed by atoms with Crippen LogP contribution in [0, 0.1) is 0 Å². The number of benzene rings is 1. The average molecular weight is 325 g/mol. The fourth-order valence-electron chi connectivity index (χ4n) is 2.81. The molecule has 0 aliphatic carbocycles. The van der Waals surface area contributed by atoms with E-state index in [1.807, 2.05) is 43.3 Å². The molecule has 24 heavy (non-hydrogen) atoms. The molecule has 0 spiro atoms. The lowest BCUT2D eigenvalue weighted by Crippen LogP contribution is -2.30. The van der Waals surface area contributed by atoms with Crippen molar-refractivity contribution in [3.63, 3.8) is 0 Å². The van der Waals surface area contributed by atoms with Crippen molar-refractivity contribution in [2.45, 2.75) is 19.3 Å². The molecule has 2 aromatic rings. The third kappa shape index (κ3) is 3.82. The number of carbonyl (C=O) groups excluding carboxylic acids is 1. The largest absolute Gasteiger partial charge is 0.378 e. The van der Waals surface area contributed by atoms with Crippen LogP contribution in [0.2, 0.25) is 0 Å². The van der Waals surface area contributed by atoms with E-state index in [0.29, 0.717) is 5.69 Å². The van der Waals surface area contributed by atoms with E-state index in [1.54, 1.807) is 6.07 Å². The molecule has 1 aromatic carbocycles. The third-order valence-electron chi connectivity index (χ3n) is 4.21. The van der Waals surface area contributed by atoms with Crippen LogP contribution in [0.4, 0.5) is 17.2 Å². The second kappa shape index (κ2) is 7.29. The molecule has 1 fully saturated rings. The zero-order chi connectivity index (χ0) is 16.9. The van der Waals surface area contributed by atoms with Gasteiger partial charge in [-0.15, -0.1) is 0 Å². The van der Waals surface area contributed by atoms with Gasteiger partial charge < -0.3 is 15.1 Å². The van der Waals surface area contributed by atoms with E-state index in [9.17, 15) is 4.79 Å². The van der Waals surface area contributed by atoms with Crippen molar-refractivity contribution in [2.75, 3.05) is 42.3 Å². The summed E-state index contributed by atoms with van der Waals surface area (Å²) in [7, 11) is 3.97. The molecule has 1 aromatic heterocycles. The summed E-state index contributed by atoms with van der Waals surface area (Å²) in [6.45, 7) is 1.98. The number of carbonyl (C=O) groups is 1. The fraction of sp³-hybridized carbons (Fsp3) is 0.389. The van der Waals surface area contributed by atoms with Crippen molar-refractivity contribution in [2.24, 2.45) is 0 Å². The molecular weight excluding hydrogens is 302 g/mol. The van der Waals surface area contributed by atoms with Crippen LogP contribution in [0.15, 0.2) is 36.7 Å². The molecule has 3 rings (SSSR count). The second-order valence-corrected chi connectivity index (χ2v) is 6.20.